The molecule has 0 spiro atoms. The molecule has 4 nitrogen and oxygen atoms in total. The molecule has 0 radical (unpaired) electrons. The molecule has 5 heteroatoms. The zero-order valence-corrected chi connectivity index (χ0v) is 9.84. The molecule has 0 saturated carbocycles. The minimum atomic E-state index is 1.00. The summed E-state index contributed by atoms with van der Waals surface area (Å²) in [6, 6.07) is 0. The number of H-pyrrole nitrogens is 1. The van der Waals surface area contributed by atoms with Gasteiger partial charge in [-0.15, -0.1) is 11.8 Å². The van der Waals surface area contributed by atoms with Crippen LogP contribution in [0.25, 0.3) is 11.2 Å². The van der Waals surface area contributed by atoms with Gasteiger partial charge in [0.05, 0.1) is 6.54 Å². The van der Waals surface area contributed by atoms with Crippen molar-refractivity contribution in [2.45, 2.75) is 31.3 Å². The summed E-state index contributed by atoms with van der Waals surface area (Å²) < 4.78 is 2.15. The van der Waals surface area contributed by atoms with Crippen molar-refractivity contribution in [2.24, 2.45) is 0 Å². The van der Waals surface area contributed by atoms with Gasteiger partial charge in [-0.25, -0.2) is 9.55 Å². The van der Waals surface area contributed by atoms with Crippen LogP contribution in [0.1, 0.15) is 19.8 Å². The number of hydrogen-bond donors (Lipinski definition) is 1. The molecule has 2 aromatic rings. The number of nitrogens with zero attached hydrogens (tertiary/aromatic N) is 3. The molecule has 0 bridgehead atoms. The van der Waals surface area contributed by atoms with Crippen molar-refractivity contribution >= 4 is 22.9 Å². The van der Waals surface area contributed by atoms with E-state index in [2.05, 4.69) is 26.4 Å². The van der Waals surface area contributed by atoms with Gasteiger partial charge in [-0.1, -0.05) is 18.3 Å². The van der Waals surface area contributed by atoms with Gasteiger partial charge >= 0.3 is 5.65 Å². The smallest absolute Gasteiger partial charge is 0.272 e. The molecule has 0 unspecified atom stereocenters. The van der Waals surface area contributed by atoms with Crippen molar-refractivity contribution in [3.8, 4) is 0 Å². The number of hydrogen-bond acceptors (Lipinski definition) is 3. The first-order valence-electron chi connectivity index (χ1n) is 5.12. The van der Waals surface area contributed by atoms with Crippen LogP contribution < -0.4 is 4.57 Å². The summed E-state index contributed by atoms with van der Waals surface area (Å²) in [5.74, 6) is 0. The molecule has 2 heterocycles. The molecule has 0 aliphatic heterocycles. The predicted molar refractivity (Wildman–Crippen MR) is 60.8 cm³/mol. The lowest BCUT2D eigenvalue weighted by atomic mass is 10.3. The predicted octanol–water partition coefficient (Wildman–Crippen LogP) is 1.77. The van der Waals surface area contributed by atoms with E-state index in [1.165, 1.54) is 12.8 Å². The van der Waals surface area contributed by atoms with E-state index in [0.717, 1.165) is 22.7 Å². The van der Waals surface area contributed by atoms with Gasteiger partial charge in [0, 0.05) is 0 Å². The summed E-state index contributed by atoms with van der Waals surface area (Å²) in [5, 5.41) is 1.01. The average Bonchev–Trinajstić information content (AvgIpc) is 2.69. The number of aromatic nitrogens is 4. The van der Waals surface area contributed by atoms with Crippen molar-refractivity contribution in [3.05, 3.63) is 12.7 Å². The molecular weight excluding hydrogens is 208 g/mol. The van der Waals surface area contributed by atoms with Gasteiger partial charge in [0.2, 0.25) is 5.52 Å². The maximum Gasteiger partial charge on any atom is 0.306 e. The molecule has 0 saturated heterocycles. The van der Waals surface area contributed by atoms with Crippen LogP contribution in [0.4, 0.5) is 0 Å². The van der Waals surface area contributed by atoms with E-state index in [0.29, 0.717) is 0 Å². The number of fused-ring (bicyclic) bond motifs is 1. The largest absolute Gasteiger partial charge is 0.306 e. The van der Waals surface area contributed by atoms with Crippen LogP contribution in [0.15, 0.2) is 17.7 Å². The molecule has 15 heavy (non-hydrogen) atoms. The lowest BCUT2D eigenvalue weighted by Gasteiger charge is -1.95. The van der Waals surface area contributed by atoms with E-state index < -0.39 is 0 Å². The lowest BCUT2D eigenvalue weighted by molar-refractivity contribution is -0.673. The van der Waals surface area contributed by atoms with E-state index in [1.807, 2.05) is 12.6 Å². The molecule has 0 aliphatic carbocycles. The molecule has 0 atom stereocenters. The Morgan fingerprint density at radius 3 is 3.07 bits per heavy atom. The Hall–Kier alpha value is -1.10. The highest BCUT2D eigenvalue weighted by atomic mass is 32.2. The summed E-state index contributed by atoms with van der Waals surface area (Å²) in [5.41, 5.74) is 2.05. The fourth-order valence-electron chi connectivity index (χ4n) is 1.56. The van der Waals surface area contributed by atoms with E-state index in [9.17, 15) is 0 Å². The van der Waals surface area contributed by atoms with E-state index >= 15 is 0 Å². The molecule has 80 valence electrons. The van der Waals surface area contributed by atoms with Crippen LogP contribution in [-0.4, -0.2) is 21.2 Å². The topological polar surface area (TPSA) is 45.5 Å². The van der Waals surface area contributed by atoms with Gasteiger partial charge in [-0.2, -0.15) is 0 Å². The molecule has 2 rings (SSSR count). The van der Waals surface area contributed by atoms with Gasteiger partial charge in [0.25, 0.3) is 0 Å². The Morgan fingerprint density at radius 2 is 2.33 bits per heavy atom. The number of aryl methyl sites for hydroxylation is 1. The minimum absolute atomic E-state index is 1.00. The highest BCUT2D eigenvalue weighted by Crippen LogP contribution is 2.17. The van der Waals surface area contributed by atoms with Crippen molar-refractivity contribution in [3.63, 3.8) is 0 Å². The molecule has 2 aromatic heterocycles. The Labute approximate surface area is 93.1 Å². The summed E-state index contributed by atoms with van der Waals surface area (Å²) in [6.07, 6.45) is 8.01. The van der Waals surface area contributed by atoms with Gasteiger partial charge in [0.1, 0.15) is 5.03 Å². The normalized spacial score (nSPS) is 11.1. The highest BCUT2D eigenvalue weighted by molar-refractivity contribution is 7.98. The molecule has 0 amide bonds. The van der Waals surface area contributed by atoms with Gasteiger partial charge in [0.15, 0.2) is 12.7 Å². The number of nitrogens with one attached hydrogen (secondary N) is 1. The number of imidazole rings is 1. The standard InChI is InChI=1S/C10H14N4S/c1-3-4-5-14-7-13-8-9(14)11-6-12-10(8)15-2/h6-7H,3-5H2,1-2H3/p+1. The van der Waals surface area contributed by atoms with Crippen molar-refractivity contribution in [1.82, 2.24) is 15.0 Å². The summed E-state index contributed by atoms with van der Waals surface area (Å²) >= 11 is 1.64. The third-order valence-corrected chi connectivity index (χ3v) is 3.07. The zero-order valence-electron chi connectivity index (χ0n) is 9.03. The number of thioether (sulfide) groups is 1. The molecule has 0 fully saturated rings. The van der Waals surface area contributed by atoms with Crippen LogP contribution in [0.5, 0.6) is 0 Å². The minimum Gasteiger partial charge on any atom is -0.272 e. The van der Waals surface area contributed by atoms with Crippen LogP contribution in [0.2, 0.25) is 0 Å². The SMILES string of the molecule is CCCC[n+]1c[nH]c2c(SC)ncnc21. The first kappa shape index (κ1) is 10.4. The van der Waals surface area contributed by atoms with E-state index in [4.69, 9.17) is 0 Å². The fraction of sp³-hybridized carbons (Fsp3) is 0.500. The lowest BCUT2D eigenvalue weighted by Crippen LogP contribution is -2.32. The Bertz CT molecular complexity index is 452. The quantitative estimate of drug-likeness (QED) is 0.488. The average molecular weight is 223 g/mol. The van der Waals surface area contributed by atoms with E-state index in [-0.39, 0.29) is 0 Å². The molecule has 0 aliphatic rings. The van der Waals surface area contributed by atoms with E-state index in [1.54, 1.807) is 18.1 Å². The summed E-state index contributed by atoms with van der Waals surface area (Å²) in [7, 11) is 0. The van der Waals surface area contributed by atoms with Crippen molar-refractivity contribution in [1.29, 1.82) is 0 Å². The second kappa shape index (κ2) is 4.61. The Balaban J connectivity index is 2.42. The zero-order chi connectivity index (χ0) is 10.7. The fourth-order valence-corrected chi connectivity index (χ4v) is 2.07. The van der Waals surface area contributed by atoms with Crippen LogP contribution in [0.3, 0.4) is 0 Å². The maximum atomic E-state index is 4.31. The van der Waals surface area contributed by atoms with Crippen LogP contribution >= 0.6 is 11.8 Å². The Kier molecular flexibility index (Phi) is 3.20. The second-order valence-electron chi connectivity index (χ2n) is 3.40. The maximum absolute atomic E-state index is 4.31. The van der Waals surface area contributed by atoms with Crippen molar-refractivity contribution < 1.29 is 4.57 Å². The van der Waals surface area contributed by atoms with Crippen molar-refractivity contribution in [2.75, 3.05) is 6.26 Å². The second-order valence-corrected chi connectivity index (χ2v) is 4.20. The highest BCUT2D eigenvalue weighted by Gasteiger charge is 2.14. The van der Waals surface area contributed by atoms with Gasteiger partial charge in [-0.05, 0) is 12.7 Å². The molecule has 0 aromatic carbocycles. The van der Waals surface area contributed by atoms with Gasteiger partial charge in [-0.3, -0.25) is 4.98 Å². The van der Waals surface area contributed by atoms with Gasteiger partial charge < -0.3 is 0 Å². The first-order valence-corrected chi connectivity index (χ1v) is 6.34. The number of aromatic amines is 1. The number of rotatable bonds is 4. The molecular formula is C10H15N4S+. The molecule has 1 N–H and O–H groups in total. The monoisotopic (exact) mass is 223 g/mol. The van der Waals surface area contributed by atoms with Crippen LogP contribution in [0, 0.1) is 0 Å². The Morgan fingerprint density at radius 1 is 1.47 bits per heavy atom. The summed E-state index contributed by atoms with van der Waals surface area (Å²) in [6.45, 7) is 3.21. The first-order chi connectivity index (χ1) is 7.36. The van der Waals surface area contributed by atoms with Crippen LogP contribution in [-0.2, 0) is 6.54 Å². The third-order valence-electron chi connectivity index (χ3n) is 2.38. The summed E-state index contributed by atoms with van der Waals surface area (Å²) in [4.78, 5) is 11.8. The number of unbranched alkanes of at least 4 members (excludes halogenated alkanes) is 1. The third kappa shape index (κ3) is 1.97.